The van der Waals surface area contributed by atoms with Crippen LogP contribution in [0.2, 0.25) is 0 Å². The molecule has 0 fully saturated rings. The van der Waals surface area contributed by atoms with Gasteiger partial charge in [-0.05, 0) is 54.8 Å². The first-order valence-corrected chi connectivity index (χ1v) is 11.2. The maximum absolute atomic E-state index is 11.4. The number of alkyl halides is 1. The van der Waals surface area contributed by atoms with E-state index < -0.39 is 10.7 Å². The van der Waals surface area contributed by atoms with Crippen molar-refractivity contribution in [1.29, 1.82) is 0 Å². The van der Waals surface area contributed by atoms with Gasteiger partial charge < -0.3 is 5.11 Å². The number of hydrogen-bond donors (Lipinski definition) is 2. The molecule has 0 aliphatic rings. The first-order chi connectivity index (χ1) is 13.0. The summed E-state index contributed by atoms with van der Waals surface area (Å²) in [5.74, 6) is 0.973. The third-order valence-electron chi connectivity index (χ3n) is 4.66. The number of phenolic OH excluding ortho intramolecular Hbond substituents is 1. The van der Waals surface area contributed by atoms with E-state index in [0.29, 0.717) is 10.1 Å². The summed E-state index contributed by atoms with van der Waals surface area (Å²) in [5.41, 5.74) is 1.82. The van der Waals surface area contributed by atoms with Crippen molar-refractivity contribution < 1.29 is 13.5 Å². The van der Waals surface area contributed by atoms with Crippen molar-refractivity contribution in [2.24, 2.45) is 5.92 Å². The van der Waals surface area contributed by atoms with Crippen LogP contribution in [0, 0.1) is 5.92 Å². The van der Waals surface area contributed by atoms with Gasteiger partial charge >= 0.3 is 0 Å². The molecule has 3 aromatic rings. The molecular weight excluding hydrogens is 404 g/mol. The van der Waals surface area contributed by atoms with Crippen LogP contribution in [-0.4, -0.2) is 29.2 Å². The third-order valence-corrected chi connectivity index (χ3v) is 7.08. The van der Waals surface area contributed by atoms with Gasteiger partial charge in [0.25, 0.3) is 0 Å². The minimum Gasteiger partial charge on any atom is -0.508 e. The molecule has 0 spiro atoms. The van der Waals surface area contributed by atoms with Crippen molar-refractivity contribution >= 4 is 33.6 Å². The zero-order chi connectivity index (χ0) is 19.4. The standard InChI is InChI=1S/C19H21ClN2O3S2/c1-2-13(9-11-20)19(17-7-8-18(26-17)27(24)25)16-10-12-21-22(16)14-3-5-15(23)6-4-14/h3-8,10,12-13,19,23,27H,2,9,11H2,1H3. The molecule has 0 radical (unpaired) electrons. The number of rotatable bonds is 8. The summed E-state index contributed by atoms with van der Waals surface area (Å²) in [4.78, 5) is 0.988. The lowest BCUT2D eigenvalue weighted by molar-refractivity contribution is 0.432. The molecular formula is C19H21ClN2O3S2. The van der Waals surface area contributed by atoms with Gasteiger partial charge in [0, 0.05) is 22.9 Å². The first-order valence-electron chi connectivity index (χ1n) is 8.68. The fourth-order valence-corrected chi connectivity index (χ4v) is 5.38. The third kappa shape index (κ3) is 4.36. The normalized spacial score (nSPS) is 13.7. The van der Waals surface area contributed by atoms with Gasteiger partial charge in [0.1, 0.15) is 9.96 Å². The molecule has 0 saturated carbocycles. The number of nitrogens with zero attached hydrogens (tertiary/aromatic N) is 2. The van der Waals surface area contributed by atoms with Crippen molar-refractivity contribution in [1.82, 2.24) is 9.78 Å². The smallest absolute Gasteiger partial charge is 0.177 e. The summed E-state index contributed by atoms with van der Waals surface area (Å²) in [6.45, 7) is 2.12. The maximum Gasteiger partial charge on any atom is 0.177 e. The Kier molecular flexibility index (Phi) is 6.57. The van der Waals surface area contributed by atoms with Crippen LogP contribution in [0.15, 0.2) is 52.9 Å². The lowest BCUT2D eigenvalue weighted by Gasteiger charge is -2.26. The van der Waals surface area contributed by atoms with Gasteiger partial charge in [0.2, 0.25) is 0 Å². The number of benzene rings is 1. The maximum atomic E-state index is 11.4. The van der Waals surface area contributed by atoms with Crippen LogP contribution in [0.5, 0.6) is 5.75 Å². The van der Waals surface area contributed by atoms with Crippen LogP contribution in [0.3, 0.4) is 0 Å². The Hall–Kier alpha value is -1.83. The molecule has 0 saturated heterocycles. The number of aromatic nitrogens is 2. The molecule has 2 aromatic heterocycles. The van der Waals surface area contributed by atoms with E-state index in [1.54, 1.807) is 36.5 Å². The van der Waals surface area contributed by atoms with Crippen LogP contribution >= 0.6 is 22.9 Å². The Morgan fingerprint density at radius 2 is 1.93 bits per heavy atom. The second-order valence-corrected chi connectivity index (χ2v) is 9.03. The predicted octanol–water partition coefficient (Wildman–Crippen LogP) is 4.40. The highest BCUT2D eigenvalue weighted by atomic mass is 35.5. The minimum atomic E-state index is -2.60. The molecule has 2 heterocycles. The SMILES string of the molecule is CCC(CCCl)C(c1ccc([SH](=O)=O)s1)c1ccnn1-c1ccc(O)cc1. The molecule has 2 atom stereocenters. The topological polar surface area (TPSA) is 72.2 Å². The molecule has 2 unspecified atom stereocenters. The zero-order valence-electron chi connectivity index (χ0n) is 14.8. The molecule has 8 heteroatoms. The fraction of sp³-hybridized carbons (Fsp3) is 0.316. The average Bonchev–Trinajstić information content (AvgIpc) is 3.32. The van der Waals surface area contributed by atoms with Crippen LogP contribution in [-0.2, 0) is 10.7 Å². The highest BCUT2D eigenvalue weighted by molar-refractivity contribution is 7.75. The van der Waals surface area contributed by atoms with Gasteiger partial charge in [-0.3, -0.25) is 0 Å². The van der Waals surface area contributed by atoms with E-state index in [2.05, 4.69) is 12.0 Å². The van der Waals surface area contributed by atoms with Gasteiger partial charge in [-0.15, -0.1) is 22.9 Å². The predicted molar refractivity (Wildman–Crippen MR) is 109 cm³/mol. The largest absolute Gasteiger partial charge is 0.508 e. The fourth-order valence-electron chi connectivity index (χ4n) is 3.33. The van der Waals surface area contributed by atoms with E-state index in [9.17, 15) is 13.5 Å². The molecule has 1 N–H and O–H groups in total. The Bertz CT molecular complexity index is 956. The molecule has 5 nitrogen and oxygen atoms in total. The van der Waals surface area contributed by atoms with Gasteiger partial charge in [-0.2, -0.15) is 5.10 Å². The number of thiol groups is 1. The second kappa shape index (κ2) is 8.91. The van der Waals surface area contributed by atoms with Crippen LogP contribution in [0.1, 0.15) is 36.3 Å². The van der Waals surface area contributed by atoms with Crippen LogP contribution < -0.4 is 0 Å². The summed E-state index contributed by atoms with van der Waals surface area (Å²) in [5, 5.41) is 14.0. The van der Waals surface area contributed by atoms with E-state index >= 15 is 0 Å². The zero-order valence-corrected chi connectivity index (χ0v) is 17.3. The summed E-state index contributed by atoms with van der Waals surface area (Å²) in [6, 6.07) is 12.4. The average molecular weight is 425 g/mol. The Morgan fingerprint density at radius 1 is 1.19 bits per heavy atom. The summed E-state index contributed by atoms with van der Waals surface area (Å²) in [6.07, 6.45) is 3.47. The summed E-state index contributed by atoms with van der Waals surface area (Å²) < 4.78 is 25.0. The summed E-state index contributed by atoms with van der Waals surface area (Å²) in [7, 11) is -2.60. The number of aromatic hydroxyl groups is 1. The summed E-state index contributed by atoms with van der Waals surface area (Å²) >= 11 is 7.36. The van der Waals surface area contributed by atoms with Crippen LogP contribution in [0.4, 0.5) is 0 Å². The lowest BCUT2D eigenvalue weighted by atomic mass is 9.84. The van der Waals surface area contributed by atoms with E-state index in [4.69, 9.17) is 11.6 Å². The number of phenols is 1. The number of hydrogen-bond acceptors (Lipinski definition) is 5. The van der Waals surface area contributed by atoms with Crippen molar-refractivity contribution in [3.8, 4) is 11.4 Å². The molecule has 0 aliphatic carbocycles. The van der Waals surface area contributed by atoms with E-state index in [0.717, 1.165) is 29.1 Å². The molecule has 27 heavy (non-hydrogen) atoms. The van der Waals surface area contributed by atoms with Crippen molar-refractivity contribution in [2.75, 3.05) is 5.88 Å². The first kappa shape index (κ1) is 19.9. The number of halogens is 1. The lowest BCUT2D eigenvalue weighted by Crippen LogP contribution is -2.17. The molecule has 3 rings (SSSR count). The highest BCUT2D eigenvalue weighted by Gasteiger charge is 2.28. The van der Waals surface area contributed by atoms with E-state index in [1.165, 1.54) is 11.3 Å². The molecule has 144 valence electrons. The Labute approximate surface area is 169 Å². The van der Waals surface area contributed by atoms with Crippen molar-refractivity contribution in [3.63, 3.8) is 0 Å². The molecule has 0 bridgehead atoms. The Balaban J connectivity index is 2.10. The molecule has 1 aromatic carbocycles. The van der Waals surface area contributed by atoms with Gasteiger partial charge in [-0.1, -0.05) is 13.3 Å². The number of thiophene rings is 1. The van der Waals surface area contributed by atoms with Gasteiger partial charge in [0.05, 0.1) is 11.4 Å². The highest BCUT2D eigenvalue weighted by Crippen LogP contribution is 2.40. The van der Waals surface area contributed by atoms with Crippen LogP contribution in [0.25, 0.3) is 5.69 Å². The van der Waals surface area contributed by atoms with Gasteiger partial charge in [-0.25, -0.2) is 13.1 Å². The molecule has 0 amide bonds. The monoisotopic (exact) mass is 424 g/mol. The van der Waals surface area contributed by atoms with Gasteiger partial charge in [0.15, 0.2) is 10.7 Å². The quantitative estimate of drug-likeness (QED) is 0.415. The Morgan fingerprint density at radius 3 is 2.52 bits per heavy atom. The van der Waals surface area contributed by atoms with E-state index in [-0.39, 0.29) is 17.6 Å². The molecule has 0 aliphatic heterocycles. The minimum absolute atomic E-state index is 0.0150. The van der Waals surface area contributed by atoms with Crippen molar-refractivity contribution in [3.05, 3.63) is 59.2 Å². The van der Waals surface area contributed by atoms with E-state index in [1.807, 2.05) is 16.8 Å². The van der Waals surface area contributed by atoms with Crippen molar-refractivity contribution in [2.45, 2.75) is 29.9 Å². The second-order valence-electron chi connectivity index (χ2n) is 6.24.